The minimum atomic E-state index is -0.928. The lowest BCUT2D eigenvalue weighted by atomic mass is 9.85. The number of fused-ring (bicyclic) bond motifs is 1. The molecule has 30 heavy (non-hydrogen) atoms. The number of carbonyl (C=O) groups excluding carboxylic acids is 3. The van der Waals surface area contributed by atoms with Crippen molar-refractivity contribution in [1.29, 1.82) is 0 Å². The van der Waals surface area contributed by atoms with E-state index in [0.717, 1.165) is 16.2 Å². The van der Waals surface area contributed by atoms with Gasteiger partial charge in [0.15, 0.2) is 6.04 Å². The number of imide groups is 1. The molecule has 2 atom stereocenters. The van der Waals surface area contributed by atoms with Crippen LogP contribution in [0.3, 0.4) is 0 Å². The van der Waals surface area contributed by atoms with Crippen LogP contribution in [0.5, 0.6) is 0 Å². The summed E-state index contributed by atoms with van der Waals surface area (Å²) in [5, 5.41) is 0. The Labute approximate surface area is 178 Å². The second-order valence-corrected chi connectivity index (χ2v) is 8.23. The first kappa shape index (κ1) is 18.6. The van der Waals surface area contributed by atoms with Gasteiger partial charge in [0, 0.05) is 5.69 Å². The third-order valence-corrected chi connectivity index (χ3v) is 7.02. The molecule has 0 aliphatic carbocycles. The standard InChI is InChI=1S/C24H18N2O3S/c1-30-24(16-10-4-2-5-11-16)20(23(29)26(24)17-12-6-3-7-13-17)25-21(27)18-14-8-9-15-19(18)22(25)28/h2-15,20H,1H3/t20-,24+/m0/s1. The molecule has 3 aromatic rings. The summed E-state index contributed by atoms with van der Waals surface area (Å²) in [7, 11) is 0. The van der Waals surface area contributed by atoms with Gasteiger partial charge in [-0.25, -0.2) is 0 Å². The zero-order chi connectivity index (χ0) is 20.9. The lowest BCUT2D eigenvalue weighted by Gasteiger charge is -2.58. The van der Waals surface area contributed by atoms with Gasteiger partial charge < -0.3 is 0 Å². The molecule has 1 fully saturated rings. The summed E-state index contributed by atoms with van der Waals surface area (Å²) in [6, 6.07) is 24.7. The maximum atomic E-state index is 13.5. The molecule has 2 aliphatic rings. The average molecular weight is 414 g/mol. The fourth-order valence-electron chi connectivity index (χ4n) is 4.42. The largest absolute Gasteiger partial charge is 0.288 e. The van der Waals surface area contributed by atoms with Crippen molar-refractivity contribution in [1.82, 2.24) is 4.90 Å². The number of amides is 3. The molecule has 1 saturated heterocycles. The highest BCUT2D eigenvalue weighted by atomic mass is 32.2. The van der Waals surface area contributed by atoms with Crippen molar-refractivity contribution in [2.45, 2.75) is 10.9 Å². The minimum Gasteiger partial charge on any atom is -0.288 e. The topological polar surface area (TPSA) is 57.7 Å². The van der Waals surface area contributed by atoms with Gasteiger partial charge in [-0.1, -0.05) is 60.7 Å². The predicted octanol–water partition coefficient (Wildman–Crippen LogP) is 3.91. The maximum absolute atomic E-state index is 13.5. The molecule has 3 aromatic carbocycles. The first-order valence-electron chi connectivity index (χ1n) is 9.58. The van der Waals surface area contributed by atoms with E-state index in [1.54, 1.807) is 29.2 Å². The van der Waals surface area contributed by atoms with Crippen LogP contribution in [-0.2, 0) is 9.67 Å². The lowest BCUT2D eigenvalue weighted by Crippen LogP contribution is -2.76. The Morgan fingerprint density at radius 3 is 1.77 bits per heavy atom. The van der Waals surface area contributed by atoms with E-state index < -0.39 is 22.7 Å². The number of carbonyl (C=O) groups is 3. The fourth-order valence-corrected chi connectivity index (χ4v) is 5.60. The molecule has 0 unspecified atom stereocenters. The number of β-lactam (4-membered cyclic amide) rings is 1. The number of thioether (sulfide) groups is 1. The Balaban J connectivity index is 1.68. The second kappa shape index (κ2) is 6.85. The fraction of sp³-hybridized carbons (Fsp3) is 0.125. The molecule has 0 radical (unpaired) electrons. The van der Waals surface area contributed by atoms with E-state index in [1.807, 2.05) is 66.9 Å². The number of anilines is 1. The summed E-state index contributed by atoms with van der Waals surface area (Å²) in [5.74, 6) is -1.11. The summed E-state index contributed by atoms with van der Waals surface area (Å²) in [5.41, 5.74) is 2.28. The van der Waals surface area contributed by atoms with Gasteiger partial charge in [-0.3, -0.25) is 24.2 Å². The van der Waals surface area contributed by atoms with Gasteiger partial charge in [0.1, 0.15) is 4.87 Å². The van der Waals surface area contributed by atoms with E-state index in [-0.39, 0.29) is 5.91 Å². The van der Waals surface area contributed by atoms with Gasteiger partial charge >= 0.3 is 0 Å². The Bertz CT molecular complexity index is 1130. The number of para-hydroxylation sites is 1. The minimum absolute atomic E-state index is 0.270. The number of benzene rings is 3. The van der Waals surface area contributed by atoms with Crippen molar-refractivity contribution in [3.8, 4) is 0 Å². The maximum Gasteiger partial charge on any atom is 0.262 e. The molecular formula is C24H18N2O3S. The van der Waals surface area contributed by atoms with Crippen LogP contribution < -0.4 is 4.90 Å². The van der Waals surface area contributed by atoms with Crippen LogP contribution in [0.2, 0.25) is 0 Å². The predicted molar refractivity (Wildman–Crippen MR) is 116 cm³/mol. The zero-order valence-corrected chi connectivity index (χ0v) is 17.0. The van der Waals surface area contributed by atoms with E-state index in [2.05, 4.69) is 0 Å². The zero-order valence-electron chi connectivity index (χ0n) is 16.2. The SMILES string of the molecule is CS[C@]1(c2ccccc2)[C@@H](N2C(=O)c3ccccc3C2=O)C(=O)N1c1ccccc1. The van der Waals surface area contributed by atoms with Crippen LogP contribution in [0.15, 0.2) is 84.9 Å². The van der Waals surface area contributed by atoms with E-state index >= 15 is 0 Å². The van der Waals surface area contributed by atoms with E-state index in [0.29, 0.717) is 11.1 Å². The third-order valence-electron chi connectivity index (χ3n) is 5.75. The van der Waals surface area contributed by atoms with Gasteiger partial charge in [0.25, 0.3) is 17.7 Å². The van der Waals surface area contributed by atoms with Gasteiger partial charge in [-0.2, -0.15) is 0 Å². The first-order chi connectivity index (χ1) is 14.6. The molecule has 0 aromatic heterocycles. The highest BCUT2D eigenvalue weighted by Crippen LogP contribution is 2.54. The molecule has 0 saturated carbocycles. The number of nitrogens with zero attached hydrogens (tertiary/aromatic N) is 2. The quantitative estimate of drug-likeness (QED) is 0.480. The molecule has 2 aliphatic heterocycles. The summed E-state index contributed by atoms with van der Waals surface area (Å²) in [6.45, 7) is 0. The molecule has 2 heterocycles. The molecule has 148 valence electrons. The van der Waals surface area contributed by atoms with Crippen molar-refractivity contribution < 1.29 is 14.4 Å². The summed E-state index contributed by atoms with van der Waals surface area (Å²) in [6.07, 6.45) is 1.90. The van der Waals surface area contributed by atoms with Crippen molar-refractivity contribution in [3.05, 3.63) is 102 Å². The highest BCUT2D eigenvalue weighted by Gasteiger charge is 2.67. The normalized spacial score (nSPS) is 22.8. The first-order valence-corrected chi connectivity index (χ1v) is 10.8. The molecule has 0 bridgehead atoms. The van der Waals surface area contributed by atoms with Crippen LogP contribution in [0.25, 0.3) is 0 Å². The number of hydrogen-bond donors (Lipinski definition) is 0. The van der Waals surface area contributed by atoms with Gasteiger partial charge in [-0.15, -0.1) is 11.8 Å². The molecule has 5 rings (SSSR count). The van der Waals surface area contributed by atoms with Crippen LogP contribution in [-0.4, -0.2) is 34.9 Å². The smallest absolute Gasteiger partial charge is 0.262 e. The van der Waals surface area contributed by atoms with Gasteiger partial charge in [-0.05, 0) is 36.1 Å². The molecule has 3 amide bonds. The van der Waals surface area contributed by atoms with Crippen molar-refractivity contribution >= 4 is 35.2 Å². The Kier molecular flexibility index (Phi) is 4.25. The lowest BCUT2D eigenvalue weighted by molar-refractivity contribution is -0.131. The molecule has 6 heteroatoms. The van der Waals surface area contributed by atoms with Gasteiger partial charge in [0.05, 0.1) is 11.1 Å². The van der Waals surface area contributed by atoms with E-state index in [9.17, 15) is 14.4 Å². The summed E-state index contributed by atoms with van der Waals surface area (Å²) >= 11 is 1.46. The molecule has 5 nitrogen and oxygen atoms in total. The molecular weight excluding hydrogens is 396 g/mol. The Hall–Kier alpha value is -3.38. The Morgan fingerprint density at radius 1 is 0.733 bits per heavy atom. The van der Waals surface area contributed by atoms with Crippen LogP contribution in [0.4, 0.5) is 5.69 Å². The second-order valence-electron chi connectivity index (χ2n) is 7.20. The Morgan fingerprint density at radius 2 is 1.23 bits per heavy atom. The third kappa shape index (κ3) is 2.34. The molecule has 0 spiro atoms. The van der Waals surface area contributed by atoms with E-state index in [4.69, 9.17) is 0 Å². The van der Waals surface area contributed by atoms with Crippen LogP contribution >= 0.6 is 11.8 Å². The summed E-state index contributed by atoms with van der Waals surface area (Å²) < 4.78 is 0. The average Bonchev–Trinajstić information content (AvgIpc) is 3.04. The number of rotatable bonds is 4. The van der Waals surface area contributed by atoms with Gasteiger partial charge in [0.2, 0.25) is 0 Å². The molecule has 0 N–H and O–H groups in total. The van der Waals surface area contributed by atoms with Crippen LogP contribution in [0, 0.1) is 0 Å². The summed E-state index contributed by atoms with van der Waals surface area (Å²) in [4.78, 5) is 41.8. The van der Waals surface area contributed by atoms with Crippen molar-refractivity contribution in [2.75, 3.05) is 11.2 Å². The van der Waals surface area contributed by atoms with E-state index in [1.165, 1.54) is 11.8 Å². The number of hydrogen-bond acceptors (Lipinski definition) is 4. The van der Waals surface area contributed by atoms with Crippen molar-refractivity contribution in [3.63, 3.8) is 0 Å². The monoisotopic (exact) mass is 414 g/mol. The van der Waals surface area contributed by atoms with Crippen molar-refractivity contribution in [2.24, 2.45) is 0 Å². The highest BCUT2D eigenvalue weighted by molar-refractivity contribution is 7.99. The van der Waals surface area contributed by atoms with Crippen LogP contribution in [0.1, 0.15) is 26.3 Å².